The van der Waals surface area contributed by atoms with Crippen molar-refractivity contribution in [3.05, 3.63) is 47.2 Å². The average molecular weight is 342 g/mol. The lowest BCUT2D eigenvalue weighted by molar-refractivity contribution is 0.118. The molecular weight excluding hydrogens is 312 g/mol. The lowest BCUT2D eigenvalue weighted by Gasteiger charge is -2.36. The number of benzene rings is 1. The molecule has 0 N–H and O–H groups in total. The van der Waals surface area contributed by atoms with E-state index in [0.29, 0.717) is 6.04 Å². The highest BCUT2D eigenvalue weighted by Crippen LogP contribution is 2.25. The number of hydrogen-bond donors (Lipinski definition) is 0. The summed E-state index contributed by atoms with van der Waals surface area (Å²) in [7, 11) is 5.89. The van der Waals surface area contributed by atoms with Crippen LogP contribution in [0.5, 0.6) is 5.88 Å². The lowest BCUT2D eigenvalue weighted by atomic mass is 10.0. The van der Waals surface area contributed by atoms with Gasteiger partial charge in [0.25, 0.3) is 0 Å². The summed E-state index contributed by atoms with van der Waals surface area (Å²) in [5.41, 5.74) is 3.68. The van der Waals surface area contributed by atoms with Crippen LogP contribution in [0.25, 0.3) is 0 Å². The van der Waals surface area contributed by atoms with Crippen molar-refractivity contribution in [1.29, 1.82) is 0 Å². The first-order valence-corrected chi connectivity index (χ1v) is 9.11. The molecule has 1 saturated heterocycles. The summed E-state index contributed by atoms with van der Waals surface area (Å²) < 4.78 is 7.37. The Balaban J connectivity index is 1.54. The van der Waals surface area contributed by atoms with Crippen molar-refractivity contribution in [3.63, 3.8) is 0 Å². The molecule has 136 valence electrons. The predicted octanol–water partition coefficient (Wildman–Crippen LogP) is 2.83. The quantitative estimate of drug-likeness (QED) is 0.808. The Morgan fingerprint density at radius 3 is 2.52 bits per heavy atom. The minimum absolute atomic E-state index is 0.622. The van der Waals surface area contributed by atoms with Gasteiger partial charge in [-0.1, -0.05) is 30.3 Å². The molecule has 0 radical (unpaired) electrons. The van der Waals surface area contributed by atoms with Crippen LogP contribution < -0.4 is 4.74 Å². The number of rotatable bonds is 6. The van der Waals surface area contributed by atoms with Crippen molar-refractivity contribution in [2.75, 3.05) is 27.2 Å². The normalized spacial score (nSPS) is 16.5. The molecule has 5 nitrogen and oxygen atoms in total. The van der Waals surface area contributed by atoms with Gasteiger partial charge in [0.15, 0.2) is 0 Å². The summed E-state index contributed by atoms with van der Waals surface area (Å²) in [6, 6.07) is 11.4. The van der Waals surface area contributed by atoms with Gasteiger partial charge in [-0.2, -0.15) is 5.10 Å². The fraction of sp³-hybridized carbons (Fsp3) is 0.550. The maximum atomic E-state index is 5.53. The molecule has 0 aliphatic carbocycles. The van der Waals surface area contributed by atoms with Crippen LogP contribution in [0.3, 0.4) is 0 Å². The number of piperidine rings is 1. The predicted molar refractivity (Wildman–Crippen MR) is 101 cm³/mol. The molecule has 1 aliphatic heterocycles. The monoisotopic (exact) mass is 342 g/mol. The number of aromatic nitrogens is 2. The van der Waals surface area contributed by atoms with E-state index in [2.05, 4.69) is 59.2 Å². The van der Waals surface area contributed by atoms with Crippen LogP contribution in [0.4, 0.5) is 0 Å². The second-order valence-electron chi connectivity index (χ2n) is 7.10. The van der Waals surface area contributed by atoms with Gasteiger partial charge in [-0.05, 0) is 45.5 Å². The Kier molecular flexibility index (Phi) is 5.76. The Morgan fingerprint density at radius 1 is 1.20 bits per heavy atom. The van der Waals surface area contributed by atoms with Crippen LogP contribution in [0.2, 0.25) is 0 Å². The third kappa shape index (κ3) is 4.22. The summed E-state index contributed by atoms with van der Waals surface area (Å²) in [5, 5.41) is 4.50. The minimum atomic E-state index is 0.622. The molecule has 2 heterocycles. The van der Waals surface area contributed by atoms with Crippen LogP contribution in [-0.2, 0) is 20.1 Å². The van der Waals surface area contributed by atoms with Crippen molar-refractivity contribution < 1.29 is 4.74 Å². The molecule has 0 spiro atoms. The third-order valence-electron chi connectivity index (χ3n) is 5.32. The number of aryl methyl sites for hydroxylation is 2. The van der Waals surface area contributed by atoms with Gasteiger partial charge in [-0.15, -0.1) is 0 Å². The summed E-state index contributed by atoms with van der Waals surface area (Å²) in [5.74, 6) is 0.880. The lowest BCUT2D eigenvalue weighted by Crippen LogP contribution is -2.42. The van der Waals surface area contributed by atoms with Gasteiger partial charge in [-0.25, -0.2) is 4.68 Å². The summed E-state index contributed by atoms with van der Waals surface area (Å²) >= 11 is 0. The zero-order valence-electron chi connectivity index (χ0n) is 15.9. The van der Waals surface area contributed by atoms with Crippen LogP contribution in [0, 0.1) is 6.92 Å². The van der Waals surface area contributed by atoms with E-state index < -0.39 is 0 Å². The Morgan fingerprint density at radius 2 is 1.88 bits per heavy atom. The first-order valence-electron chi connectivity index (χ1n) is 9.11. The van der Waals surface area contributed by atoms with E-state index in [-0.39, 0.29) is 0 Å². The standard InChI is InChI=1S/C20H30N4O/c1-16-19(20(25-4)23(3)21-16)15-22(2)18-10-12-24(13-11-18)14-17-8-6-5-7-9-17/h5-9,18H,10-15H2,1-4H3. The van der Waals surface area contributed by atoms with Gasteiger partial charge in [0.1, 0.15) is 0 Å². The van der Waals surface area contributed by atoms with Crippen molar-refractivity contribution in [3.8, 4) is 5.88 Å². The molecule has 1 aliphatic rings. The largest absolute Gasteiger partial charge is 0.481 e. The molecule has 0 amide bonds. The summed E-state index contributed by atoms with van der Waals surface area (Å²) in [4.78, 5) is 5.03. The summed E-state index contributed by atoms with van der Waals surface area (Å²) in [6.45, 7) is 6.34. The van der Waals surface area contributed by atoms with Gasteiger partial charge in [0.2, 0.25) is 5.88 Å². The number of likely N-dealkylation sites (tertiary alicyclic amines) is 1. The van der Waals surface area contributed by atoms with Gasteiger partial charge in [-0.3, -0.25) is 9.80 Å². The Hall–Kier alpha value is -1.85. The van der Waals surface area contributed by atoms with Crippen molar-refractivity contribution in [2.24, 2.45) is 7.05 Å². The molecule has 0 saturated carbocycles. The minimum Gasteiger partial charge on any atom is -0.481 e. The Bertz CT molecular complexity index is 675. The van der Waals surface area contributed by atoms with Gasteiger partial charge < -0.3 is 4.74 Å². The fourth-order valence-electron chi connectivity index (χ4n) is 3.86. The molecule has 0 bridgehead atoms. The molecule has 3 rings (SSSR count). The second-order valence-corrected chi connectivity index (χ2v) is 7.10. The molecular formula is C20H30N4O. The van der Waals surface area contributed by atoms with E-state index >= 15 is 0 Å². The van der Waals surface area contributed by atoms with Crippen molar-refractivity contribution in [1.82, 2.24) is 19.6 Å². The molecule has 0 unspecified atom stereocenters. The maximum absolute atomic E-state index is 5.53. The van der Waals surface area contributed by atoms with E-state index in [1.165, 1.54) is 24.0 Å². The summed E-state index contributed by atoms with van der Waals surface area (Å²) in [6.07, 6.45) is 2.43. The second kappa shape index (κ2) is 8.02. The van der Waals surface area contributed by atoms with Crippen molar-refractivity contribution >= 4 is 0 Å². The maximum Gasteiger partial charge on any atom is 0.216 e. The number of methoxy groups -OCH3 is 1. The van der Waals surface area contributed by atoms with E-state index in [0.717, 1.165) is 37.8 Å². The highest BCUT2D eigenvalue weighted by Gasteiger charge is 2.24. The van der Waals surface area contributed by atoms with Crippen LogP contribution in [-0.4, -0.2) is 52.9 Å². The SMILES string of the molecule is COc1c(CN(C)C2CCN(Cc3ccccc3)CC2)c(C)nn1C. The highest BCUT2D eigenvalue weighted by molar-refractivity contribution is 5.30. The topological polar surface area (TPSA) is 33.5 Å². The first-order chi connectivity index (χ1) is 12.1. The average Bonchev–Trinajstić information content (AvgIpc) is 2.89. The van der Waals surface area contributed by atoms with Crippen LogP contribution in [0.15, 0.2) is 30.3 Å². The van der Waals surface area contributed by atoms with E-state index in [1.807, 2.05) is 11.7 Å². The van der Waals surface area contributed by atoms with Crippen LogP contribution >= 0.6 is 0 Å². The molecule has 25 heavy (non-hydrogen) atoms. The molecule has 5 heteroatoms. The highest BCUT2D eigenvalue weighted by atomic mass is 16.5. The molecule has 1 aromatic carbocycles. The number of nitrogens with zero attached hydrogens (tertiary/aromatic N) is 4. The smallest absolute Gasteiger partial charge is 0.216 e. The third-order valence-corrected chi connectivity index (χ3v) is 5.32. The molecule has 0 atom stereocenters. The van der Waals surface area contributed by atoms with Gasteiger partial charge in [0.05, 0.1) is 18.4 Å². The van der Waals surface area contributed by atoms with Crippen LogP contribution in [0.1, 0.15) is 29.7 Å². The van der Waals surface area contributed by atoms with Gasteiger partial charge in [0, 0.05) is 26.2 Å². The zero-order valence-corrected chi connectivity index (χ0v) is 15.9. The van der Waals surface area contributed by atoms with Gasteiger partial charge >= 0.3 is 0 Å². The zero-order chi connectivity index (χ0) is 17.8. The number of hydrogen-bond acceptors (Lipinski definition) is 4. The molecule has 2 aromatic rings. The van der Waals surface area contributed by atoms with Crippen molar-refractivity contribution in [2.45, 2.75) is 38.9 Å². The number of ether oxygens (including phenoxy) is 1. The molecule has 1 fully saturated rings. The van der Waals surface area contributed by atoms with E-state index in [4.69, 9.17) is 4.74 Å². The molecule has 1 aromatic heterocycles. The van der Waals surface area contributed by atoms with E-state index in [9.17, 15) is 0 Å². The fourth-order valence-corrected chi connectivity index (χ4v) is 3.86. The van der Waals surface area contributed by atoms with E-state index in [1.54, 1.807) is 7.11 Å². The Labute approximate surface area is 151 Å². The first kappa shape index (κ1) is 18.0.